The zero-order chi connectivity index (χ0) is 19.6. The molecule has 1 N–H and O–H groups in total. The number of amides is 1. The summed E-state index contributed by atoms with van der Waals surface area (Å²) >= 11 is 0. The molecular weight excluding hydrogens is 342 g/mol. The maximum absolute atomic E-state index is 11.9. The van der Waals surface area contributed by atoms with E-state index in [1.807, 2.05) is 19.2 Å². The predicted octanol–water partition coefficient (Wildman–Crippen LogP) is 3.07. The number of imidazole rings is 1. The van der Waals surface area contributed by atoms with Crippen LogP contribution >= 0.6 is 0 Å². The van der Waals surface area contributed by atoms with Gasteiger partial charge in [-0.25, -0.2) is 19.9 Å². The summed E-state index contributed by atoms with van der Waals surface area (Å²) in [6.07, 6.45) is 5.05. The number of pyridine rings is 1. The highest BCUT2D eigenvalue weighted by atomic mass is 16.2. The molecular formula is C19H23N7O. The van der Waals surface area contributed by atoms with Gasteiger partial charge in [-0.1, -0.05) is 0 Å². The third kappa shape index (κ3) is 3.94. The molecule has 0 aliphatic rings. The van der Waals surface area contributed by atoms with Crippen molar-refractivity contribution < 1.29 is 4.79 Å². The zero-order valence-corrected chi connectivity index (χ0v) is 16.1. The van der Waals surface area contributed by atoms with Crippen molar-refractivity contribution in [2.24, 2.45) is 0 Å². The van der Waals surface area contributed by atoms with Gasteiger partial charge in [0.25, 0.3) is 5.91 Å². The van der Waals surface area contributed by atoms with Gasteiger partial charge in [0.15, 0.2) is 0 Å². The van der Waals surface area contributed by atoms with E-state index in [4.69, 9.17) is 0 Å². The molecule has 140 valence electrons. The van der Waals surface area contributed by atoms with Crippen LogP contribution in [0.4, 0.5) is 11.8 Å². The fourth-order valence-corrected chi connectivity index (χ4v) is 2.82. The Bertz CT molecular complexity index is 945. The molecule has 0 aromatic carbocycles. The quantitative estimate of drug-likeness (QED) is 0.747. The summed E-state index contributed by atoms with van der Waals surface area (Å²) < 4.78 is 2.13. The highest BCUT2D eigenvalue weighted by Gasteiger charge is 2.14. The zero-order valence-electron chi connectivity index (χ0n) is 16.1. The van der Waals surface area contributed by atoms with E-state index in [1.54, 1.807) is 32.4 Å². The lowest BCUT2D eigenvalue weighted by molar-refractivity contribution is 0.0827. The lowest BCUT2D eigenvalue weighted by atomic mass is 10.2. The van der Waals surface area contributed by atoms with Gasteiger partial charge in [-0.05, 0) is 39.0 Å². The summed E-state index contributed by atoms with van der Waals surface area (Å²) in [6.45, 7) is 6.20. The van der Waals surface area contributed by atoms with Crippen molar-refractivity contribution in [3.05, 3.63) is 48.2 Å². The van der Waals surface area contributed by atoms with Crippen LogP contribution in [0.2, 0.25) is 0 Å². The van der Waals surface area contributed by atoms with Crippen LogP contribution < -0.4 is 5.32 Å². The Labute approximate surface area is 158 Å². The van der Waals surface area contributed by atoms with E-state index in [-0.39, 0.29) is 11.9 Å². The van der Waals surface area contributed by atoms with Crippen molar-refractivity contribution in [3.8, 4) is 11.4 Å². The Hall–Kier alpha value is -3.29. The summed E-state index contributed by atoms with van der Waals surface area (Å²) in [5.74, 6) is 1.84. The average Bonchev–Trinajstić information content (AvgIpc) is 3.04. The normalized spacial score (nSPS) is 10.9. The molecule has 0 saturated carbocycles. The van der Waals surface area contributed by atoms with Crippen molar-refractivity contribution in [2.75, 3.05) is 19.4 Å². The summed E-state index contributed by atoms with van der Waals surface area (Å²) in [5.41, 5.74) is 2.24. The van der Waals surface area contributed by atoms with Crippen molar-refractivity contribution in [3.63, 3.8) is 0 Å². The average molecular weight is 365 g/mol. The Morgan fingerprint density at radius 2 is 1.89 bits per heavy atom. The Morgan fingerprint density at radius 3 is 2.52 bits per heavy atom. The minimum absolute atomic E-state index is 0.0929. The number of aryl methyl sites for hydroxylation is 1. The third-order valence-corrected chi connectivity index (χ3v) is 4.07. The molecule has 1 amide bonds. The van der Waals surface area contributed by atoms with Crippen LogP contribution in [0, 0.1) is 6.92 Å². The van der Waals surface area contributed by atoms with E-state index >= 15 is 0 Å². The number of nitrogens with one attached hydrogen (secondary N) is 1. The Kier molecular flexibility index (Phi) is 5.16. The van der Waals surface area contributed by atoms with E-state index in [1.165, 1.54) is 11.1 Å². The molecule has 8 heteroatoms. The third-order valence-electron chi connectivity index (χ3n) is 4.07. The van der Waals surface area contributed by atoms with Crippen molar-refractivity contribution >= 4 is 17.7 Å². The molecule has 3 aromatic rings. The first-order valence-corrected chi connectivity index (χ1v) is 8.68. The summed E-state index contributed by atoms with van der Waals surface area (Å²) in [4.78, 5) is 31.0. The fourth-order valence-electron chi connectivity index (χ4n) is 2.82. The van der Waals surface area contributed by atoms with Gasteiger partial charge in [0.1, 0.15) is 11.6 Å². The van der Waals surface area contributed by atoms with Crippen LogP contribution in [0.1, 0.15) is 36.1 Å². The molecule has 0 unspecified atom stereocenters. The van der Waals surface area contributed by atoms with Gasteiger partial charge in [0.2, 0.25) is 5.95 Å². The predicted molar refractivity (Wildman–Crippen MR) is 104 cm³/mol. The lowest BCUT2D eigenvalue weighted by Crippen LogP contribution is -2.21. The van der Waals surface area contributed by atoms with Crippen LogP contribution in [0.15, 0.2) is 36.8 Å². The van der Waals surface area contributed by atoms with Gasteiger partial charge < -0.3 is 14.8 Å². The van der Waals surface area contributed by atoms with Crippen LogP contribution in [0.25, 0.3) is 11.4 Å². The first-order valence-electron chi connectivity index (χ1n) is 8.68. The van der Waals surface area contributed by atoms with E-state index in [9.17, 15) is 4.79 Å². The molecule has 27 heavy (non-hydrogen) atoms. The number of carbonyl (C=O) groups is 1. The van der Waals surface area contributed by atoms with E-state index in [2.05, 4.69) is 43.7 Å². The maximum atomic E-state index is 11.9. The van der Waals surface area contributed by atoms with Gasteiger partial charge in [-0.3, -0.25) is 4.79 Å². The summed E-state index contributed by atoms with van der Waals surface area (Å²) in [6, 6.07) is 5.58. The minimum atomic E-state index is -0.0929. The van der Waals surface area contributed by atoms with Crippen LogP contribution in [0.5, 0.6) is 0 Å². The van der Waals surface area contributed by atoms with Crippen molar-refractivity contribution in [2.45, 2.75) is 26.8 Å². The van der Waals surface area contributed by atoms with Crippen molar-refractivity contribution in [1.82, 2.24) is 29.4 Å². The Balaban J connectivity index is 1.84. The molecule has 0 aliphatic carbocycles. The fraction of sp³-hybridized carbons (Fsp3) is 0.316. The highest BCUT2D eigenvalue weighted by Crippen LogP contribution is 2.23. The van der Waals surface area contributed by atoms with Gasteiger partial charge in [-0.15, -0.1) is 0 Å². The summed E-state index contributed by atoms with van der Waals surface area (Å²) in [7, 11) is 3.41. The molecule has 0 fully saturated rings. The van der Waals surface area contributed by atoms with Crippen molar-refractivity contribution in [1.29, 1.82) is 0 Å². The molecule has 0 bridgehead atoms. The Morgan fingerprint density at radius 1 is 1.11 bits per heavy atom. The molecule has 3 rings (SSSR count). The molecule has 0 radical (unpaired) electrons. The summed E-state index contributed by atoms with van der Waals surface area (Å²) in [5, 5.41) is 3.08. The SMILES string of the molecule is Cc1ncc(-c2ccnc(Nc3ccc(C(=O)N(C)C)cn3)n2)n1C(C)C. The monoisotopic (exact) mass is 365 g/mol. The topological polar surface area (TPSA) is 88.8 Å². The number of rotatable bonds is 5. The second-order valence-electron chi connectivity index (χ2n) is 6.68. The maximum Gasteiger partial charge on any atom is 0.254 e. The standard InChI is InChI=1S/C19H23N7O/c1-12(2)26-13(3)21-11-16(26)15-8-9-20-19(23-15)24-17-7-6-14(10-22-17)18(27)25(4)5/h6-12H,1-5H3,(H,20,22,23,24). The van der Waals surface area contributed by atoms with Gasteiger partial charge >= 0.3 is 0 Å². The first kappa shape index (κ1) is 18.5. The first-order chi connectivity index (χ1) is 12.9. The molecule has 0 saturated heterocycles. The van der Waals surface area contributed by atoms with Crippen LogP contribution in [-0.2, 0) is 0 Å². The number of carbonyl (C=O) groups excluding carboxylic acids is 1. The second-order valence-corrected chi connectivity index (χ2v) is 6.68. The molecule has 0 atom stereocenters. The number of hydrogen-bond acceptors (Lipinski definition) is 6. The van der Waals surface area contributed by atoms with Crippen LogP contribution in [0.3, 0.4) is 0 Å². The molecule has 3 heterocycles. The van der Waals surface area contributed by atoms with Gasteiger partial charge in [0, 0.05) is 32.5 Å². The molecule has 8 nitrogen and oxygen atoms in total. The van der Waals surface area contributed by atoms with E-state index < -0.39 is 0 Å². The van der Waals surface area contributed by atoms with Crippen LogP contribution in [-0.4, -0.2) is 49.4 Å². The van der Waals surface area contributed by atoms with E-state index in [0.29, 0.717) is 17.3 Å². The number of hydrogen-bond donors (Lipinski definition) is 1. The number of nitrogens with zero attached hydrogens (tertiary/aromatic N) is 6. The smallest absolute Gasteiger partial charge is 0.254 e. The molecule has 3 aromatic heterocycles. The molecule has 0 spiro atoms. The number of anilines is 2. The molecule has 0 aliphatic heterocycles. The highest BCUT2D eigenvalue weighted by molar-refractivity contribution is 5.93. The lowest BCUT2D eigenvalue weighted by Gasteiger charge is -2.14. The van der Waals surface area contributed by atoms with Gasteiger partial charge in [-0.2, -0.15) is 0 Å². The number of aromatic nitrogens is 5. The largest absolute Gasteiger partial charge is 0.345 e. The van der Waals surface area contributed by atoms with E-state index in [0.717, 1.165) is 17.2 Å². The minimum Gasteiger partial charge on any atom is -0.345 e. The van der Waals surface area contributed by atoms with Gasteiger partial charge in [0.05, 0.1) is 23.1 Å². The second kappa shape index (κ2) is 7.53.